The largest absolute Gasteiger partial charge is 0.399 e. The highest BCUT2D eigenvalue weighted by atomic mass is 16.5. The van der Waals surface area contributed by atoms with E-state index in [1.54, 1.807) is 4.68 Å². The van der Waals surface area contributed by atoms with Gasteiger partial charge in [-0.05, 0) is 55.0 Å². The van der Waals surface area contributed by atoms with E-state index in [1.807, 2.05) is 39.0 Å². The van der Waals surface area contributed by atoms with Crippen LogP contribution < -0.4 is 5.73 Å². The topological polar surface area (TPSA) is 78.9 Å². The molecular weight excluding hydrogens is 242 g/mol. The molecular formula is C13H19N5O. The summed E-state index contributed by atoms with van der Waals surface area (Å²) in [6.45, 7) is 7.20. The van der Waals surface area contributed by atoms with E-state index in [2.05, 4.69) is 15.5 Å². The van der Waals surface area contributed by atoms with Gasteiger partial charge in [-0.2, -0.15) is 0 Å². The van der Waals surface area contributed by atoms with Gasteiger partial charge in [-0.15, -0.1) is 5.10 Å². The van der Waals surface area contributed by atoms with Crippen molar-refractivity contribution < 1.29 is 4.74 Å². The molecule has 0 radical (unpaired) electrons. The third kappa shape index (κ3) is 3.51. The number of nitrogen functional groups attached to an aromatic ring is 1. The summed E-state index contributed by atoms with van der Waals surface area (Å²) in [6.07, 6.45) is 0.203. The predicted molar refractivity (Wildman–Crippen MR) is 73.5 cm³/mol. The van der Waals surface area contributed by atoms with Crippen LogP contribution in [0.4, 0.5) is 5.69 Å². The molecule has 0 aliphatic rings. The SMILES string of the molecule is Cc1cc(N)cc(-c2nnnn2CCOC(C)C)c1. The van der Waals surface area contributed by atoms with E-state index < -0.39 is 0 Å². The van der Waals surface area contributed by atoms with Crippen molar-refractivity contribution in [1.82, 2.24) is 20.2 Å². The zero-order valence-electron chi connectivity index (χ0n) is 11.5. The number of aryl methyl sites for hydroxylation is 1. The molecule has 0 saturated carbocycles. The summed E-state index contributed by atoms with van der Waals surface area (Å²) >= 11 is 0. The third-order valence-corrected chi connectivity index (χ3v) is 2.64. The minimum Gasteiger partial charge on any atom is -0.399 e. The Balaban J connectivity index is 2.18. The number of tetrazole rings is 1. The van der Waals surface area contributed by atoms with Gasteiger partial charge in [0.15, 0.2) is 5.82 Å². The molecule has 1 heterocycles. The maximum Gasteiger partial charge on any atom is 0.182 e. The van der Waals surface area contributed by atoms with Gasteiger partial charge in [0.2, 0.25) is 0 Å². The fourth-order valence-corrected chi connectivity index (χ4v) is 1.88. The number of nitrogens with two attached hydrogens (primary N) is 1. The molecule has 0 bridgehead atoms. The summed E-state index contributed by atoms with van der Waals surface area (Å²) in [6, 6.07) is 5.81. The molecule has 0 amide bonds. The second-order valence-corrected chi connectivity index (χ2v) is 4.78. The Labute approximate surface area is 112 Å². The van der Waals surface area contributed by atoms with Gasteiger partial charge in [0, 0.05) is 11.3 Å². The minimum atomic E-state index is 0.203. The number of nitrogens with zero attached hydrogens (tertiary/aromatic N) is 4. The van der Waals surface area contributed by atoms with Gasteiger partial charge >= 0.3 is 0 Å². The average Bonchev–Trinajstić information content (AvgIpc) is 2.75. The molecule has 0 atom stereocenters. The van der Waals surface area contributed by atoms with Gasteiger partial charge in [0.05, 0.1) is 19.3 Å². The Hall–Kier alpha value is -1.95. The van der Waals surface area contributed by atoms with Crippen LogP contribution in [0.2, 0.25) is 0 Å². The summed E-state index contributed by atoms with van der Waals surface area (Å²) in [7, 11) is 0. The lowest BCUT2D eigenvalue weighted by atomic mass is 10.1. The lowest BCUT2D eigenvalue weighted by Crippen LogP contribution is -2.12. The Morgan fingerprint density at radius 2 is 2.11 bits per heavy atom. The van der Waals surface area contributed by atoms with Crippen molar-refractivity contribution in [3.63, 3.8) is 0 Å². The van der Waals surface area contributed by atoms with Gasteiger partial charge in [-0.25, -0.2) is 4.68 Å². The molecule has 0 spiro atoms. The summed E-state index contributed by atoms with van der Waals surface area (Å²) in [5.41, 5.74) is 8.57. The Kier molecular flexibility index (Phi) is 4.11. The molecule has 0 fully saturated rings. The molecule has 102 valence electrons. The van der Waals surface area contributed by atoms with Crippen LogP contribution in [0, 0.1) is 6.92 Å². The molecule has 2 rings (SSSR count). The summed E-state index contributed by atoms with van der Waals surface area (Å²) in [4.78, 5) is 0. The molecule has 6 nitrogen and oxygen atoms in total. The number of benzene rings is 1. The Morgan fingerprint density at radius 1 is 1.32 bits per heavy atom. The summed E-state index contributed by atoms with van der Waals surface area (Å²) in [5, 5.41) is 11.8. The predicted octanol–water partition coefficient (Wildman–Crippen LogP) is 1.66. The normalized spacial score (nSPS) is 11.2. The van der Waals surface area contributed by atoms with Crippen LogP contribution >= 0.6 is 0 Å². The Morgan fingerprint density at radius 3 is 2.79 bits per heavy atom. The highest BCUT2D eigenvalue weighted by molar-refractivity contribution is 5.62. The first-order valence-corrected chi connectivity index (χ1v) is 6.31. The number of hydrogen-bond acceptors (Lipinski definition) is 5. The summed E-state index contributed by atoms with van der Waals surface area (Å²) in [5.74, 6) is 0.711. The second-order valence-electron chi connectivity index (χ2n) is 4.78. The van der Waals surface area contributed by atoms with E-state index in [4.69, 9.17) is 10.5 Å². The standard InChI is InChI=1S/C13H19N5O/c1-9(2)19-5-4-18-13(15-16-17-18)11-6-10(3)7-12(14)8-11/h6-9H,4-5,14H2,1-3H3. The number of rotatable bonds is 5. The first kappa shape index (κ1) is 13.5. The fourth-order valence-electron chi connectivity index (χ4n) is 1.88. The van der Waals surface area contributed by atoms with E-state index in [-0.39, 0.29) is 6.10 Å². The molecule has 6 heteroatoms. The van der Waals surface area contributed by atoms with Crippen LogP contribution in [0.3, 0.4) is 0 Å². The maximum absolute atomic E-state index is 5.85. The van der Waals surface area contributed by atoms with Crippen LogP contribution in [0.5, 0.6) is 0 Å². The molecule has 2 N–H and O–H groups in total. The molecule has 0 saturated heterocycles. The fraction of sp³-hybridized carbons (Fsp3) is 0.462. The van der Waals surface area contributed by atoms with Crippen molar-refractivity contribution in [1.29, 1.82) is 0 Å². The van der Waals surface area contributed by atoms with Crippen LogP contribution in [-0.4, -0.2) is 32.9 Å². The zero-order valence-corrected chi connectivity index (χ0v) is 11.5. The van der Waals surface area contributed by atoms with Crippen molar-refractivity contribution in [2.75, 3.05) is 12.3 Å². The number of hydrogen-bond donors (Lipinski definition) is 1. The molecule has 0 unspecified atom stereocenters. The molecule has 1 aromatic carbocycles. The van der Waals surface area contributed by atoms with Gasteiger partial charge in [-0.1, -0.05) is 0 Å². The number of anilines is 1. The van der Waals surface area contributed by atoms with Crippen LogP contribution in [0.15, 0.2) is 18.2 Å². The maximum atomic E-state index is 5.85. The van der Waals surface area contributed by atoms with Gasteiger partial charge < -0.3 is 10.5 Å². The highest BCUT2D eigenvalue weighted by Gasteiger charge is 2.10. The van der Waals surface area contributed by atoms with Crippen molar-refractivity contribution in [3.05, 3.63) is 23.8 Å². The number of ether oxygens (including phenoxy) is 1. The molecule has 0 aliphatic carbocycles. The monoisotopic (exact) mass is 261 g/mol. The molecule has 0 aliphatic heterocycles. The first-order chi connectivity index (χ1) is 9.06. The van der Waals surface area contributed by atoms with Crippen molar-refractivity contribution in [2.24, 2.45) is 0 Å². The van der Waals surface area contributed by atoms with Crippen LogP contribution in [0.1, 0.15) is 19.4 Å². The van der Waals surface area contributed by atoms with E-state index in [0.29, 0.717) is 24.7 Å². The van der Waals surface area contributed by atoms with Gasteiger partial charge in [-0.3, -0.25) is 0 Å². The zero-order chi connectivity index (χ0) is 13.8. The van der Waals surface area contributed by atoms with Gasteiger partial charge in [0.1, 0.15) is 0 Å². The highest BCUT2D eigenvalue weighted by Crippen LogP contribution is 2.20. The van der Waals surface area contributed by atoms with Crippen LogP contribution in [-0.2, 0) is 11.3 Å². The summed E-state index contributed by atoms with van der Waals surface area (Å²) < 4.78 is 7.25. The van der Waals surface area contributed by atoms with Gasteiger partial charge in [0.25, 0.3) is 0 Å². The van der Waals surface area contributed by atoms with E-state index >= 15 is 0 Å². The van der Waals surface area contributed by atoms with Crippen molar-refractivity contribution in [3.8, 4) is 11.4 Å². The smallest absolute Gasteiger partial charge is 0.182 e. The van der Waals surface area contributed by atoms with Crippen LogP contribution in [0.25, 0.3) is 11.4 Å². The number of aromatic nitrogens is 4. The third-order valence-electron chi connectivity index (χ3n) is 2.64. The van der Waals surface area contributed by atoms with Crippen molar-refractivity contribution in [2.45, 2.75) is 33.4 Å². The second kappa shape index (κ2) is 5.79. The lowest BCUT2D eigenvalue weighted by Gasteiger charge is -2.09. The average molecular weight is 261 g/mol. The first-order valence-electron chi connectivity index (χ1n) is 6.31. The van der Waals surface area contributed by atoms with E-state index in [1.165, 1.54) is 0 Å². The van der Waals surface area contributed by atoms with E-state index in [0.717, 1.165) is 11.1 Å². The van der Waals surface area contributed by atoms with E-state index in [9.17, 15) is 0 Å². The van der Waals surface area contributed by atoms with Crippen molar-refractivity contribution >= 4 is 5.69 Å². The molecule has 1 aromatic heterocycles. The Bertz CT molecular complexity index is 529. The quantitative estimate of drug-likeness (QED) is 0.828. The molecule has 19 heavy (non-hydrogen) atoms. The lowest BCUT2D eigenvalue weighted by molar-refractivity contribution is 0.0709. The minimum absolute atomic E-state index is 0.203. The molecule has 2 aromatic rings.